The first-order valence-corrected chi connectivity index (χ1v) is 6.13. The maximum absolute atomic E-state index is 10.1. The molecule has 0 saturated carbocycles. The van der Waals surface area contributed by atoms with Gasteiger partial charge in [0.05, 0.1) is 0 Å². The van der Waals surface area contributed by atoms with E-state index in [1.807, 2.05) is 0 Å². The topological polar surface area (TPSA) is 148 Å². The summed E-state index contributed by atoms with van der Waals surface area (Å²) in [7, 11) is 0. The summed E-state index contributed by atoms with van der Waals surface area (Å²) in [5, 5.41) is 44.8. The standard InChI is InChI=1S/C6H14O8Se/c7-1-3(8)5(10)6(11)4(9)2-14-15(12)13/h3-11H,1-2H2,(H,12,13)/t3-,4-,5-,6-/m1/s1. The first-order valence-electron chi connectivity index (χ1n) is 3.97. The van der Waals surface area contributed by atoms with Gasteiger partial charge in [-0.25, -0.2) is 0 Å². The minimum atomic E-state index is -3.43. The monoisotopic (exact) mass is 294 g/mol. The van der Waals surface area contributed by atoms with E-state index in [2.05, 4.69) is 3.82 Å². The molecule has 0 aromatic carbocycles. The molecule has 0 aliphatic heterocycles. The van der Waals surface area contributed by atoms with Crippen LogP contribution in [0.5, 0.6) is 0 Å². The maximum atomic E-state index is 10.1. The van der Waals surface area contributed by atoms with E-state index in [-0.39, 0.29) is 0 Å². The van der Waals surface area contributed by atoms with Gasteiger partial charge in [-0.1, -0.05) is 0 Å². The molecule has 0 fully saturated rings. The van der Waals surface area contributed by atoms with E-state index in [1.165, 1.54) is 0 Å². The Morgan fingerprint density at radius 3 is 1.93 bits per heavy atom. The molecule has 6 N–H and O–H groups in total. The molecule has 0 heterocycles. The molecule has 0 spiro atoms. The zero-order valence-corrected chi connectivity index (χ0v) is 9.34. The molecule has 8 nitrogen and oxygen atoms in total. The van der Waals surface area contributed by atoms with Crippen LogP contribution in [0.1, 0.15) is 0 Å². The van der Waals surface area contributed by atoms with Crippen LogP contribution in [0.4, 0.5) is 0 Å². The number of hydrogen-bond donors (Lipinski definition) is 6. The fraction of sp³-hybridized carbons (Fsp3) is 1.00. The van der Waals surface area contributed by atoms with Crippen LogP contribution in [0.25, 0.3) is 0 Å². The zero-order chi connectivity index (χ0) is 12.0. The molecule has 0 aliphatic carbocycles. The molecule has 0 aromatic rings. The van der Waals surface area contributed by atoms with E-state index in [0.717, 1.165) is 0 Å². The summed E-state index contributed by atoms with van der Waals surface area (Å²) >= 11 is -3.43. The predicted molar refractivity (Wildman–Crippen MR) is 45.7 cm³/mol. The van der Waals surface area contributed by atoms with Crippen molar-refractivity contribution in [2.24, 2.45) is 0 Å². The third kappa shape index (κ3) is 5.61. The second kappa shape index (κ2) is 7.34. The summed E-state index contributed by atoms with van der Waals surface area (Å²) in [4.78, 5) is 0. The van der Waals surface area contributed by atoms with Gasteiger partial charge in [0.25, 0.3) is 0 Å². The Hall–Kier alpha value is 0.0395. The summed E-state index contributed by atoms with van der Waals surface area (Å²) in [5.41, 5.74) is 0. The summed E-state index contributed by atoms with van der Waals surface area (Å²) in [6.45, 7) is -1.44. The van der Waals surface area contributed by atoms with E-state index >= 15 is 0 Å². The molecule has 0 bridgehead atoms. The van der Waals surface area contributed by atoms with E-state index < -0.39 is 52.1 Å². The fourth-order valence-electron chi connectivity index (χ4n) is 0.790. The van der Waals surface area contributed by atoms with Gasteiger partial charge in [0.2, 0.25) is 0 Å². The van der Waals surface area contributed by atoms with E-state index in [4.69, 9.17) is 24.6 Å². The fourth-order valence-corrected chi connectivity index (χ4v) is 1.33. The Morgan fingerprint density at radius 2 is 1.53 bits per heavy atom. The quantitative estimate of drug-likeness (QED) is 0.259. The third-order valence-corrected chi connectivity index (χ3v) is 2.37. The molecule has 0 aliphatic rings. The van der Waals surface area contributed by atoms with Gasteiger partial charge in [-0.2, -0.15) is 0 Å². The van der Waals surface area contributed by atoms with Gasteiger partial charge in [0.15, 0.2) is 0 Å². The van der Waals surface area contributed by atoms with Crippen molar-refractivity contribution in [2.45, 2.75) is 24.4 Å². The second-order valence-electron chi connectivity index (χ2n) is 2.80. The van der Waals surface area contributed by atoms with Crippen molar-refractivity contribution in [1.82, 2.24) is 0 Å². The summed E-state index contributed by atoms with van der Waals surface area (Å²) in [6.07, 6.45) is -6.79. The molecule has 0 radical (unpaired) electrons. The van der Waals surface area contributed by atoms with Crippen molar-refractivity contribution in [2.75, 3.05) is 13.2 Å². The van der Waals surface area contributed by atoms with E-state index in [9.17, 15) is 8.94 Å². The van der Waals surface area contributed by atoms with Crippen LogP contribution in [0, 0.1) is 0 Å². The van der Waals surface area contributed by atoms with Crippen molar-refractivity contribution >= 4 is 14.5 Å². The molecular weight excluding hydrogens is 279 g/mol. The van der Waals surface area contributed by atoms with Crippen molar-refractivity contribution in [3.05, 3.63) is 0 Å². The van der Waals surface area contributed by atoms with Crippen molar-refractivity contribution in [1.29, 1.82) is 0 Å². The minimum absolute atomic E-state index is 0.652. The van der Waals surface area contributed by atoms with Crippen LogP contribution in [0.3, 0.4) is 0 Å². The number of aliphatic hydroxyl groups excluding tert-OH is 5. The summed E-state index contributed by atoms with van der Waals surface area (Å²) in [5.74, 6) is 0. The first kappa shape index (κ1) is 15.0. The Morgan fingerprint density at radius 1 is 1.07 bits per heavy atom. The third-order valence-electron chi connectivity index (χ3n) is 1.67. The Balaban J connectivity index is 4.06. The van der Waals surface area contributed by atoms with Crippen LogP contribution in [-0.2, 0) is 7.65 Å². The summed E-state index contributed by atoms with van der Waals surface area (Å²) in [6, 6.07) is 0. The van der Waals surface area contributed by atoms with E-state index in [1.54, 1.807) is 0 Å². The molecule has 0 aromatic heterocycles. The van der Waals surface area contributed by atoms with Gasteiger partial charge < -0.3 is 0 Å². The van der Waals surface area contributed by atoms with Crippen molar-refractivity contribution in [3.8, 4) is 0 Å². The Labute approximate surface area is 90.1 Å². The van der Waals surface area contributed by atoms with Crippen LogP contribution >= 0.6 is 0 Å². The average molecular weight is 293 g/mol. The molecule has 92 valence electrons. The number of rotatable bonds is 7. The molecule has 0 saturated heterocycles. The van der Waals surface area contributed by atoms with Crippen molar-refractivity contribution in [3.63, 3.8) is 0 Å². The van der Waals surface area contributed by atoms with Crippen LogP contribution in [-0.4, -0.2) is 81.8 Å². The molecule has 15 heavy (non-hydrogen) atoms. The van der Waals surface area contributed by atoms with Crippen molar-refractivity contribution < 1.29 is 37.4 Å². The van der Waals surface area contributed by atoms with Gasteiger partial charge in [0.1, 0.15) is 0 Å². The van der Waals surface area contributed by atoms with Gasteiger partial charge in [-0.15, -0.1) is 0 Å². The van der Waals surface area contributed by atoms with E-state index in [0.29, 0.717) is 0 Å². The first-order chi connectivity index (χ1) is 6.90. The zero-order valence-electron chi connectivity index (χ0n) is 7.63. The predicted octanol–water partition coefficient (Wildman–Crippen LogP) is -4.15. The average Bonchev–Trinajstić information content (AvgIpc) is 2.22. The molecule has 1 unspecified atom stereocenters. The molecule has 0 amide bonds. The van der Waals surface area contributed by atoms with Crippen LogP contribution in [0.2, 0.25) is 0 Å². The van der Waals surface area contributed by atoms with Gasteiger partial charge in [-0.05, 0) is 0 Å². The summed E-state index contributed by atoms with van der Waals surface area (Å²) < 4.78 is 22.6. The second-order valence-corrected chi connectivity index (χ2v) is 4.21. The van der Waals surface area contributed by atoms with Gasteiger partial charge in [0, 0.05) is 0 Å². The molecular formula is C6H14O8Se. The molecule has 0 rings (SSSR count). The van der Waals surface area contributed by atoms with Gasteiger partial charge in [-0.3, -0.25) is 0 Å². The van der Waals surface area contributed by atoms with Gasteiger partial charge >= 0.3 is 89.5 Å². The number of hydrogen-bond acceptors (Lipinski definition) is 7. The SMILES string of the molecule is O=[Se](O)OC[C@@H](O)[C@@H](O)[C@H](O)[C@H](O)CO. The van der Waals surface area contributed by atoms with Crippen LogP contribution in [0.15, 0.2) is 0 Å². The molecule has 9 heteroatoms. The number of aliphatic hydroxyl groups is 5. The Kier molecular flexibility index (Phi) is 7.35. The van der Waals surface area contributed by atoms with Crippen LogP contribution < -0.4 is 0 Å². The Bertz CT molecular complexity index is 200. The molecule has 5 atom stereocenters. The normalized spacial score (nSPS) is 21.7.